The Hall–Kier alpha value is -1.11. The van der Waals surface area contributed by atoms with Crippen molar-refractivity contribution in [2.75, 3.05) is 0 Å². The molecule has 0 N–H and O–H groups in total. The lowest BCUT2D eigenvalue weighted by atomic mass is 10.0. The van der Waals surface area contributed by atoms with Crippen LogP contribution in [0.15, 0.2) is 4.99 Å². The summed E-state index contributed by atoms with van der Waals surface area (Å²) in [5, 5.41) is 0. The zero-order valence-corrected chi connectivity index (χ0v) is 7.42. The highest BCUT2D eigenvalue weighted by Gasteiger charge is 2.82. The van der Waals surface area contributed by atoms with E-state index in [2.05, 4.69) is 4.99 Å². The Kier molecular flexibility index (Phi) is 2.58. The van der Waals surface area contributed by atoms with E-state index in [1.165, 1.54) is 0 Å². The lowest BCUT2D eigenvalue weighted by Crippen LogP contribution is -2.58. The molecule has 1 aliphatic carbocycles. The number of nitrogens with zero attached hydrogens (tertiary/aromatic N) is 1. The van der Waals surface area contributed by atoms with Gasteiger partial charge in [0.1, 0.15) is 5.54 Å². The highest BCUT2D eigenvalue weighted by Crippen LogP contribution is 2.60. The molecule has 0 saturated heterocycles. The van der Waals surface area contributed by atoms with Crippen LogP contribution in [0.5, 0.6) is 0 Å². The summed E-state index contributed by atoms with van der Waals surface area (Å²) in [6, 6.07) is 0. The summed E-state index contributed by atoms with van der Waals surface area (Å²) < 4.78 is 86.2. The van der Waals surface area contributed by atoms with Gasteiger partial charge in [-0.2, -0.15) is 35.7 Å². The van der Waals surface area contributed by atoms with Gasteiger partial charge in [0.15, 0.2) is 0 Å². The van der Waals surface area contributed by atoms with Gasteiger partial charge in [-0.15, -0.1) is 0 Å². The van der Waals surface area contributed by atoms with Crippen molar-refractivity contribution >= 4 is 6.08 Å². The van der Waals surface area contributed by atoms with Gasteiger partial charge in [-0.3, -0.25) is 0 Å². The molecule has 1 fully saturated rings. The van der Waals surface area contributed by atoms with Crippen molar-refractivity contribution in [3.05, 3.63) is 0 Å². The first-order valence-electron chi connectivity index (χ1n) is 3.93. The second-order valence-corrected chi connectivity index (χ2v) is 3.38. The Labute approximate surface area is 84.1 Å². The lowest BCUT2D eigenvalue weighted by Gasteiger charge is -2.31. The quantitative estimate of drug-likeness (QED) is 0.430. The van der Waals surface area contributed by atoms with Gasteiger partial charge in [0, 0.05) is 0 Å². The largest absolute Gasteiger partial charge is 0.459 e. The Morgan fingerprint density at radius 3 is 1.69 bits per heavy atom. The van der Waals surface area contributed by atoms with Crippen molar-refractivity contribution in [3.8, 4) is 0 Å². The van der Waals surface area contributed by atoms with Gasteiger partial charge in [0.25, 0.3) is 0 Å². The van der Waals surface area contributed by atoms with Crippen molar-refractivity contribution < 1.29 is 35.5 Å². The summed E-state index contributed by atoms with van der Waals surface area (Å²) in [5.41, 5.74) is -2.96. The monoisotopic (exact) mass is 251 g/mol. The standard InChI is InChI=1S/C7H4F7NO/c8-5(9,4(1-2-4)15-3-16)6(10,11)7(12,13)14/h1-2H2. The number of isocyanates is 1. The molecule has 0 aromatic heterocycles. The number of rotatable bonds is 3. The lowest BCUT2D eigenvalue weighted by molar-refractivity contribution is -0.361. The first-order chi connectivity index (χ1) is 7.02. The second kappa shape index (κ2) is 3.19. The minimum atomic E-state index is -6.40. The van der Waals surface area contributed by atoms with E-state index in [0.717, 1.165) is 0 Å². The summed E-state index contributed by atoms with van der Waals surface area (Å²) in [7, 11) is 0. The van der Waals surface area contributed by atoms with E-state index in [1.807, 2.05) is 0 Å². The molecule has 1 aliphatic rings. The third-order valence-corrected chi connectivity index (χ3v) is 2.32. The van der Waals surface area contributed by atoms with Gasteiger partial charge in [0.05, 0.1) is 0 Å². The van der Waals surface area contributed by atoms with Gasteiger partial charge in [-0.05, 0) is 12.8 Å². The van der Waals surface area contributed by atoms with E-state index in [9.17, 15) is 35.5 Å². The number of hydrogen-bond donors (Lipinski definition) is 0. The van der Waals surface area contributed by atoms with Gasteiger partial charge in [-0.1, -0.05) is 0 Å². The molecule has 16 heavy (non-hydrogen) atoms. The summed E-state index contributed by atoms with van der Waals surface area (Å²) >= 11 is 0. The molecule has 0 aromatic rings. The van der Waals surface area contributed by atoms with E-state index in [1.54, 1.807) is 0 Å². The fourth-order valence-electron chi connectivity index (χ4n) is 1.17. The number of carbonyl (C=O) groups excluding carboxylic acids is 1. The molecule has 0 heterocycles. The predicted octanol–water partition coefficient (Wildman–Crippen LogP) is 2.69. The summed E-state index contributed by atoms with van der Waals surface area (Å²) in [6.07, 6.45) is -7.22. The van der Waals surface area contributed by atoms with Gasteiger partial charge in [0.2, 0.25) is 6.08 Å². The molecule has 0 bridgehead atoms. The van der Waals surface area contributed by atoms with Crippen LogP contribution in [0.3, 0.4) is 0 Å². The Balaban J connectivity index is 3.16. The Morgan fingerprint density at radius 2 is 1.44 bits per heavy atom. The van der Waals surface area contributed by atoms with Crippen LogP contribution in [0.25, 0.3) is 0 Å². The van der Waals surface area contributed by atoms with Gasteiger partial charge in [-0.25, -0.2) is 4.79 Å². The fourth-order valence-corrected chi connectivity index (χ4v) is 1.17. The number of alkyl halides is 7. The molecule has 0 aliphatic heterocycles. The molecule has 0 amide bonds. The van der Waals surface area contributed by atoms with Crippen molar-refractivity contribution in [2.45, 2.75) is 36.4 Å². The average Bonchev–Trinajstić information content (AvgIpc) is 2.84. The maximum atomic E-state index is 13.0. The second-order valence-electron chi connectivity index (χ2n) is 3.38. The topological polar surface area (TPSA) is 29.4 Å². The average molecular weight is 251 g/mol. The zero-order valence-electron chi connectivity index (χ0n) is 7.42. The molecule has 9 heteroatoms. The van der Waals surface area contributed by atoms with E-state index in [0.29, 0.717) is 6.08 Å². The van der Waals surface area contributed by atoms with Crippen LogP contribution < -0.4 is 0 Å². The third-order valence-electron chi connectivity index (χ3n) is 2.32. The minimum absolute atomic E-state index is 0.594. The molecular formula is C7H4F7NO. The summed E-state index contributed by atoms with van der Waals surface area (Å²) in [6.45, 7) is 0. The normalized spacial score (nSPS) is 20.2. The fraction of sp³-hybridized carbons (Fsp3) is 0.857. The molecule has 0 aromatic carbocycles. The van der Waals surface area contributed by atoms with E-state index in [-0.39, 0.29) is 0 Å². The Morgan fingerprint density at radius 1 is 1.00 bits per heavy atom. The minimum Gasteiger partial charge on any atom is -0.211 e. The van der Waals surface area contributed by atoms with Crippen molar-refractivity contribution in [1.29, 1.82) is 0 Å². The van der Waals surface area contributed by atoms with E-state index in [4.69, 9.17) is 0 Å². The Bertz CT molecular complexity index is 337. The first kappa shape index (κ1) is 13.0. The first-order valence-corrected chi connectivity index (χ1v) is 3.93. The zero-order chi connectivity index (χ0) is 12.8. The highest BCUT2D eigenvalue weighted by molar-refractivity contribution is 5.38. The smallest absolute Gasteiger partial charge is 0.211 e. The molecule has 92 valence electrons. The van der Waals surface area contributed by atoms with Gasteiger partial charge >= 0.3 is 18.0 Å². The number of aliphatic imine (C=N–C) groups is 1. The molecule has 2 nitrogen and oxygen atoms in total. The van der Waals surface area contributed by atoms with E-state index < -0.39 is 36.4 Å². The highest BCUT2D eigenvalue weighted by atomic mass is 19.4. The van der Waals surface area contributed by atoms with Crippen LogP contribution >= 0.6 is 0 Å². The molecule has 0 spiro atoms. The maximum absolute atomic E-state index is 13.0. The maximum Gasteiger partial charge on any atom is 0.459 e. The van der Waals surface area contributed by atoms with Crippen LogP contribution in [-0.2, 0) is 4.79 Å². The molecule has 0 unspecified atom stereocenters. The molecule has 0 atom stereocenters. The number of halogens is 7. The SMILES string of the molecule is O=C=NC1(C(F)(F)C(F)(F)C(F)(F)F)CC1. The van der Waals surface area contributed by atoms with E-state index >= 15 is 0 Å². The molecular weight excluding hydrogens is 247 g/mol. The van der Waals surface area contributed by atoms with Crippen LogP contribution in [-0.4, -0.2) is 29.6 Å². The molecule has 1 saturated carbocycles. The van der Waals surface area contributed by atoms with Crippen LogP contribution in [0, 0.1) is 0 Å². The summed E-state index contributed by atoms with van der Waals surface area (Å²) in [4.78, 5) is 12.1. The summed E-state index contributed by atoms with van der Waals surface area (Å²) in [5.74, 6) is -11.7. The molecule has 1 rings (SSSR count). The molecule has 0 radical (unpaired) electrons. The van der Waals surface area contributed by atoms with Crippen molar-refractivity contribution in [3.63, 3.8) is 0 Å². The van der Waals surface area contributed by atoms with Crippen LogP contribution in [0.2, 0.25) is 0 Å². The van der Waals surface area contributed by atoms with Crippen LogP contribution in [0.1, 0.15) is 12.8 Å². The predicted molar refractivity (Wildman–Crippen MR) is 36.0 cm³/mol. The third kappa shape index (κ3) is 1.50. The van der Waals surface area contributed by atoms with Crippen molar-refractivity contribution in [1.82, 2.24) is 0 Å². The van der Waals surface area contributed by atoms with Gasteiger partial charge < -0.3 is 0 Å². The number of hydrogen-bond acceptors (Lipinski definition) is 2. The van der Waals surface area contributed by atoms with Crippen LogP contribution in [0.4, 0.5) is 30.7 Å². The van der Waals surface area contributed by atoms with Crippen molar-refractivity contribution in [2.24, 2.45) is 4.99 Å².